The summed E-state index contributed by atoms with van der Waals surface area (Å²) in [5.41, 5.74) is 6.11. The van der Waals surface area contributed by atoms with Crippen molar-refractivity contribution in [1.82, 2.24) is 10.2 Å². The number of ether oxygens (including phenoxy) is 2. The molecule has 37 heavy (non-hydrogen) atoms. The van der Waals surface area contributed by atoms with Gasteiger partial charge >= 0.3 is 0 Å². The Bertz CT molecular complexity index is 892. The second-order valence-electron chi connectivity index (χ2n) is 9.04. The van der Waals surface area contributed by atoms with E-state index in [9.17, 15) is 0 Å². The Hall–Kier alpha value is -2.30. The lowest BCUT2D eigenvalue weighted by Gasteiger charge is -2.19. The number of allylic oxidation sites excluding steroid dienone is 1. The Morgan fingerprint density at radius 2 is 1.73 bits per heavy atom. The molecule has 0 radical (unpaired) electrons. The molecule has 0 fully saturated rings. The maximum Gasteiger partial charge on any atom is 0.123 e. The second-order valence-corrected chi connectivity index (χ2v) is 9.04. The zero-order valence-corrected chi connectivity index (χ0v) is 24.4. The van der Waals surface area contributed by atoms with Crippen LogP contribution in [0.4, 0.5) is 0 Å². The van der Waals surface area contributed by atoms with Crippen LogP contribution in [0, 0.1) is 6.92 Å². The predicted octanol–water partition coefficient (Wildman–Crippen LogP) is 8.62. The van der Waals surface area contributed by atoms with Gasteiger partial charge in [0.1, 0.15) is 11.5 Å². The summed E-state index contributed by atoms with van der Waals surface area (Å²) in [6.07, 6.45) is 6.84. The van der Waals surface area contributed by atoms with Crippen LogP contribution in [-0.4, -0.2) is 44.8 Å². The number of methoxy groups -OCH3 is 1. The van der Waals surface area contributed by atoms with Gasteiger partial charge in [-0.1, -0.05) is 66.7 Å². The van der Waals surface area contributed by atoms with Gasteiger partial charge in [-0.3, -0.25) is 0 Å². The lowest BCUT2D eigenvalue weighted by Crippen LogP contribution is -2.28. The molecule has 0 aromatic heterocycles. The minimum Gasteiger partial charge on any atom is -0.497 e. The van der Waals surface area contributed by atoms with Crippen molar-refractivity contribution in [2.24, 2.45) is 0 Å². The summed E-state index contributed by atoms with van der Waals surface area (Å²) in [7, 11) is 1.71. The van der Waals surface area contributed by atoms with Gasteiger partial charge in [-0.25, -0.2) is 0 Å². The standard InChI is InChI=1S/C30H46N2O2.C2H6.CH4/c1-7-10-19-34-30-15-13-26(25(5)20-27-22-29(33-6)14-12-24(27)4)21-28(30)23-31-16-11-18-32(9-3)17-8-2;1-2;/h12-15,20-22,31H,7-11,16-19,23H2,1-6H3;1-2H3;1H4/b25-20+;;. The minimum atomic E-state index is 0. The Morgan fingerprint density at radius 3 is 2.38 bits per heavy atom. The second kappa shape index (κ2) is 20.7. The summed E-state index contributed by atoms with van der Waals surface area (Å²) in [6.45, 7) is 21.1. The average Bonchev–Trinajstić information content (AvgIpc) is 2.90. The van der Waals surface area contributed by atoms with E-state index in [-0.39, 0.29) is 7.43 Å². The number of aryl methyl sites for hydroxylation is 1. The van der Waals surface area contributed by atoms with Gasteiger partial charge < -0.3 is 19.7 Å². The van der Waals surface area contributed by atoms with E-state index in [2.05, 4.69) is 81.2 Å². The van der Waals surface area contributed by atoms with E-state index in [4.69, 9.17) is 9.47 Å². The first kappa shape index (κ1) is 34.7. The van der Waals surface area contributed by atoms with E-state index >= 15 is 0 Å². The van der Waals surface area contributed by atoms with Gasteiger partial charge in [0.2, 0.25) is 0 Å². The van der Waals surface area contributed by atoms with Crippen molar-refractivity contribution in [3.8, 4) is 11.5 Å². The van der Waals surface area contributed by atoms with Gasteiger partial charge in [0.25, 0.3) is 0 Å². The Morgan fingerprint density at radius 1 is 0.973 bits per heavy atom. The summed E-state index contributed by atoms with van der Waals surface area (Å²) in [5.74, 6) is 1.88. The van der Waals surface area contributed by atoms with Gasteiger partial charge in [-0.15, -0.1) is 0 Å². The Kier molecular flexibility index (Phi) is 19.4. The number of nitrogens with zero attached hydrogens (tertiary/aromatic N) is 1. The van der Waals surface area contributed by atoms with Gasteiger partial charge in [-0.2, -0.15) is 0 Å². The van der Waals surface area contributed by atoms with E-state index in [0.29, 0.717) is 0 Å². The van der Waals surface area contributed by atoms with Crippen LogP contribution in [0.2, 0.25) is 0 Å². The predicted molar refractivity (Wildman–Crippen MR) is 165 cm³/mol. The van der Waals surface area contributed by atoms with E-state index in [1.807, 2.05) is 19.9 Å². The molecule has 0 bridgehead atoms. The van der Waals surface area contributed by atoms with Gasteiger partial charge in [0, 0.05) is 12.1 Å². The van der Waals surface area contributed by atoms with E-state index in [1.54, 1.807) is 7.11 Å². The summed E-state index contributed by atoms with van der Waals surface area (Å²) >= 11 is 0. The molecule has 0 unspecified atom stereocenters. The summed E-state index contributed by atoms with van der Waals surface area (Å²) in [5, 5.41) is 3.65. The number of benzene rings is 2. The highest BCUT2D eigenvalue weighted by Gasteiger charge is 2.08. The zero-order chi connectivity index (χ0) is 26.8. The molecule has 0 saturated carbocycles. The maximum atomic E-state index is 6.14. The zero-order valence-electron chi connectivity index (χ0n) is 24.4. The van der Waals surface area contributed by atoms with Crippen molar-refractivity contribution in [3.05, 3.63) is 58.7 Å². The molecule has 2 rings (SSSR count). The van der Waals surface area contributed by atoms with Crippen LogP contribution in [0.15, 0.2) is 36.4 Å². The average molecular weight is 513 g/mol. The fraction of sp³-hybridized carbons (Fsp3) is 0.576. The van der Waals surface area contributed by atoms with E-state index in [0.717, 1.165) is 63.5 Å². The Labute approximate surface area is 229 Å². The first-order chi connectivity index (χ1) is 17.5. The molecule has 0 saturated heterocycles. The summed E-state index contributed by atoms with van der Waals surface area (Å²) in [4.78, 5) is 2.52. The normalized spacial score (nSPS) is 11.0. The highest BCUT2D eigenvalue weighted by atomic mass is 16.5. The third kappa shape index (κ3) is 12.7. The minimum absolute atomic E-state index is 0. The molecular weight excluding hydrogens is 456 g/mol. The molecule has 0 aliphatic heterocycles. The summed E-state index contributed by atoms with van der Waals surface area (Å²) in [6, 6.07) is 12.8. The van der Waals surface area contributed by atoms with Crippen molar-refractivity contribution in [1.29, 1.82) is 0 Å². The van der Waals surface area contributed by atoms with Crippen molar-refractivity contribution in [3.63, 3.8) is 0 Å². The lowest BCUT2D eigenvalue weighted by atomic mass is 9.99. The Balaban J connectivity index is 0.00000421. The lowest BCUT2D eigenvalue weighted by molar-refractivity contribution is 0.283. The molecule has 4 nitrogen and oxygen atoms in total. The van der Waals surface area contributed by atoms with Crippen LogP contribution in [0.3, 0.4) is 0 Å². The van der Waals surface area contributed by atoms with Gasteiger partial charge in [-0.05, 0) is 106 Å². The number of rotatable bonds is 16. The molecule has 0 aliphatic rings. The van der Waals surface area contributed by atoms with E-state index in [1.165, 1.54) is 40.8 Å². The molecule has 0 spiro atoms. The SMILES string of the molecule is C.CC.CCCCOc1ccc(/C(C)=C/c2cc(OC)ccc2C)cc1CNCCCN(CC)CCC. The summed E-state index contributed by atoms with van der Waals surface area (Å²) < 4.78 is 11.6. The first-order valence-corrected chi connectivity index (χ1v) is 14.0. The molecule has 210 valence electrons. The van der Waals surface area contributed by atoms with Crippen LogP contribution in [-0.2, 0) is 6.54 Å². The van der Waals surface area contributed by atoms with Gasteiger partial charge in [0.05, 0.1) is 13.7 Å². The third-order valence-corrected chi connectivity index (χ3v) is 6.26. The number of hydrogen-bond acceptors (Lipinski definition) is 4. The topological polar surface area (TPSA) is 33.7 Å². The number of nitrogens with one attached hydrogen (secondary N) is 1. The van der Waals surface area contributed by atoms with Crippen LogP contribution < -0.4 is 14.8 Å². The molecule has 2 aromatic carbocycles. The van der Waals surface area contributed by atoms with E-state index < -0.39 is 0 Å². The highest BCUT2D eigenvalue weighted by molar-refractivity contribution is 5.81. The van der Waals surface area contributed by atoms with Crippen molar-refractivity contribution in [2.75, 3.05) is 39.9 Å². The van der Waals surface area contributed by atoms with Crippen molar-refractivity contribution >= 4 is 11.6 Å². The molecule has 4 heteroatoms. The molecule has 2 aromatic rings. The quantitative estimate of drug-likeness (QED) is 0.180. The molecule has 0 atom stereocenters. The van der Waals surface area contributed by atoms with Crippen LogP contribution in [0.1, 0.15) is 96.9 Å². The first-order valence-electron chi connectivity index (χ1n) is 14.0. The molecule has 0 aliphatic carbocycles. The smallest absolute Gasteiger partial charge is 0.123 e. The molecule has 0 heterocycles. The van der Waals surface area contributed by atoms with Gasteiger partial charge in [0.15, 0.2) is 0 Å². The number of unbranched alkanes of at least 4 members (excludes halogenated alkanes) is 1. The monoisotopic (exact) mass is 512 g/mol. The van der Waals surface area contributed by atoms with Crippen LogP contribution in [0.25, 0.3) is 11.6 Å². The highest BCUT2D eigenvalue weighted by Crippen LogP contribution is 2.27. The van der Waals surface area contributed by atoms with Crippen LogP contribution in [0.5, 0.6) is 11.5 Å². The molecule has 0 amide bonds. The third-order valence-electron chi connectivity index (χ3n) is 6.26. The van der Waals surface area contributed by atoms with Crippen molar-refractivity contribution in [2.45, 2.75) is 88.1 Å². The fourth-order valence-corrected chi connectivity index (χ4v) is 4.04. The van der Waals surface area contributed by atoms with Crippen molar-refractivity contribution < 1.29 is 9.47 Å². The largest absolute Gasteiger partial charge is 0.497 e. The molecule has 1 N–H and O–H groups in total. The molecular formula is C33H56N2O2. The maximum absolute atomic E-state index is 6.14. The number of hydrogen-bond donors (Lipinski definition) is 1. The fourth-order valence-electron chi connectivity index (χ4n) is 4.04. The van der Waals surface area contributed by atoms with Crippen LogP contribution >= 0.6 is 0 Å².